The Hall–Kier alpha value is -2.18. The Morgan fingerprint density at radius 1 is 1.00 bits per heavy atom. The molecule has 0 saturated carbocycles. The number of carboxylic acid groups (broad SMARTS) is 1. The van der Waals surface area contributed by atoms with Crippen molar-refractivity contribution in [3.63, 3.8) is 0 Å². The van der Waals surface area contributed by atoms with Gasteiger partial charge < -0.3 is 14.7 Å². The molecule has 0 spiro atoms. The Morgan fingerprint density at radius 2 is 1.64 bits per heavy atom. The smallest absolute Gasteiger partial charge is 0.310 e. The third kappa shape index (κ3) is 3.07. The second-order valence-electron chi connectivity index (χ2n) is 6.93. The Morgan fingerprint density at radius 3 is 2.28 bits per heavy atom. The summed E-state index contributed by atoms with van der Waals surface area (Å²) < 4.78 is 5.62. The molecule has 0 aromatic heterocycles. The van der Waals surface area contributed by atoms with Crippen LogP contribution in [0.25, 0.3) is 0 Å². The molecule has 0 aliphatic carbocycles. The molecule has 1 N–H and O–H groups in total. The summed E-state index contributed by atoms with van der Waals surface area (Å²) in [5, 5.41) is 9.47. The molecule has 1 aromatic carbocycles. The largest absolute Gasteiger partial charge is 0.481 e. The maximum Gasteiger partial charge on any atom is 0.310 e. The number of nitrogens with zero attached hydrogens (tertiary/aromatic N) is 2. The topological polar surface area (TPSA) is 70.1 Å². The fourth-order valence-electron chi connectivity index (χ4n) is 4.08. The standard InChI is InChI=1S/C19H22N2O4/c22-18(16-14-6-7-15(25-14)17(16)19(23)24)21-10-8-20(9-11-21)12-13-4-2-1-3-5-13/h1-7,14-17H,8-12H2,(H,23,24)/t14-,15-,16?,17?/m1/s1. The van der Waals surface area contributed by atoms with Crippen molar-refractivity contribution in [2.75, 3.05) is 26.2 Å². The zero-order valence-electron chi connectivity index (χ0n) is 14.0. The molecule has 1 amide bonds. The fraction of sp³-hybridized carbons (Fsp3) is 0.474. The van der Waals surface area contributed by atoms with Gasteiger partial charge in [-0.1, -0.05) is 42.5 Å². The zero-order valence-corrected chi connectivity index (χ0v) is 14.0. The number of hydrogen-bond acceptors (Lipinski definition) is 4. The van der Waals surface area contributed by atoms with Crippen molar-refractivity contribution >= 4 is 11.9 Å². The van der Waals surface area contributed by atoms with Gasteiger partial charge in [-0.05, 0) is 5.56 Å². The molecule has 6 heteroatoms. The van der Waals surface area contributed by atoms with Crippen LogP contribution in [0.2, 0.25) is 0 Å². The van der Waals surface area contributed by atoms with E-state index in [9.17, 15) is 14.7 Å². The van der Waals surface area contributed by atoms with Gasteiger partial charge in [-0.25, -0.2) is 0 Å². The fourth-order valence-corrected chi connectivity index (χ4v) is 4.08. The van der Waals surface area contributed by atoms with Crippen LogP contribution in [0.1, 0.15) is 5.56 Å². The van der Waals surface area contributed by atoms with Crippen molar-refractivity contribution in [1.29, 1.82) is 0 Å². The minimum absolute atomic E-state index is 0.0800. The summed E-state index contributed by atoms with van der Waals surface area (Å²) in [6.45, 7) is 3.75. The van der Waals surface area contributed by atoms with Crippen molar-refractivity contribution < 1.29 is 19.4 Å². The van der Waals surface area contributed by atoms with Gasteiger partial charge in [0.15, 0.2) is 0 Å². The highest BCUT2D eigenvalue weighted by Crippen LogP contribution is 2.40. The van der Waals surface area contributed by atoms with E-state index in [0.29, 0.717) is 13.1 Å². The first kappa shape index (κ1) is 16.3. The van der Waals surface area contributed by atoms with E-state index < -0.39 is 23.9 Å². The Bertz CT molecular complexity index is 682. The number of amides is 1. The first-order valence-electron chi connectivity index (χ1n) is 8.75. The van der Waals surface area contributed by atoms with Gasteiger partial charge in [0.25, 0.3) is 0 Å². The van der Waals surface area contributed by atoms with Gasteiger partial charge >= 0.3 is 5.97 Å². The van der Waals surface area contributed by atoms with Crippen molar-refractivity contribution in [3.8, 4) is 0 Å². The number of fused-ring (bicyclic) bond motifs is 2. The van der Waals surface area contributed by atoms with Crippen molar-refractivity contribution in [2.24, 2.45) is 11.8 Å². The summed E-state index contributed by atoms with van der Waals surface area (Å²) in [5.74, 6) is -2.38. The monoisotopic (exact) mass is 342 g/mol. The molecule has 1 aromatic rings. The number of carboxylic acids is 1. The molecule has 4 atom stereocenters. The predicted molar refractivity (Wildman–Crippen MR) is 90.7 cm³/mol. The second kappa shape index (κ2) is 6.61. The highest BCUT2D eigenvalue weighted by Gasteiger charge is 2.54. The van der Waals surface area contributed by atoms with Crippen LogP contribution in [-0.4, -0.2) is 65.2 Å². The second-order valence-corrected chi connectivity index (χ2v) is 6.93. The Balaban J connectivity index is 1.37. The molecular weight excluding hydrogens is 320 g/mol. The molecule has 4 rings (SSSR count). The maximum atomic E-state index is 12.9. The first-order chi connectivity index (χ1) is 12.1. The molecule has 132 valence electrons. The molecule has 3 aliphatic rings. The molecular formula is C19H22N2O4. The first-order valence-corrected chi connectivity index (χ1v) is 8.75. The molecule has 3 heterocycles. The molecule has 25 heavy (non-hydrogen) atoms. The van der Waals surface area contributed by atoms with Crippen molar-refractivity contribution in [3.05, 3.63) is 48.0 Å². The average Bonchev–Trinajstić information content (AvgIpc) is 3.24. The molecule has 2 bridgehead atoms. The van der Waals surface area contributed by atoms with E-state index in [1.54, 1.807) is 11.0 Å². The lowest BCUT2D eigenvalue weighted by Gasteiger charge is -2.37. The maximum absolute atomic E-state index is 12.9. The summed E-state index contributed by atoms with van der Waals surface area (Å²) in [5.41, 5.74) is 1.26. The SMILES string of the molecule is O=C(O)C1C(C(=O)N2CCN(Cc3ccccc3)CC2)[C@H]2C=C[C@H]1O2. The van der Waals surface area contributed by atoms with Crippen LogP contribution in [0.5, 0.6) is 0 Å². The van der Waals surface area contributed by atoms with Crippen LogP contribution in [-0.2, 0) is 20.9 Å². The van der Waals surface area contributed by atoms with E-state index in [1.807, 2.05) is 24.3 Å². The third-order valence-electron chi connectivity index (χ3n) is 5.40. The predicted octanol–water partition coefficient (Wildman–Crippen LogP) is 0.985. The van der Waals surface area contributed by atoms with E-state index in [2.05, 4.69) is 17.0 Å². The highest BCUT2D eigenvalue weighted by molar-refractivity contribution is 5.87. The van der Waals surface area contributed by atoms with Crippen molar-refractivity contribution in [1.82, 2.24) is 9.80 Å². The summed E-state index contributed by atoms with van der Waals surface area (Å²) in [4.78, 5) is 28.6. The third-order valence-corrected chi connectivity index (χ3v) is 5.40. The van der Waals surface area contributed by atoms with Gasteiger partial charge in [0.2, 0.25) is 5.91 Å². The average molecular weight is 342 g/mol. The summed E-state index contributed by atoms with van der Waals surface area (Å²) in [6.07, 6.45) is 2.75. The minimum atomic E-state index is -0.946. The molecule has 2 unspecified atom stereocenters. The van der Waals surface area contributed by atoms with Gasteiger partial charge in [-0.3, -0.25) is 14.5 Å². The number of piperazine rings is 1. The number of rotatable bonds is 4. The number of ether oxygens (including phenoxy) is 1. The van der Waals surface area contributed by atoms with Crippen LogP contribution in [0, 0.1) is 11.8 Å². The summed E-state index contributed by atoms with van der Waals surface area (Å²) in [6, 6.07) is 10.3. The van der Waals surface area contributed by atoms with Crippen LogP contribution >= 0.6 is 0 Å². The van der Waals surface area contributed by atoms with E-state index >= 15 is 0 Å². The lowest BCUT2D eigenvalue weighted by molar-refractivity contribution is -0.150. The molecule has 0 radical (unpaired) electrons. The molecule has 6 nitrogen and oxygen atoms in total. The summed E-state index contributed by atoms with van der Waals surface area (Å²) in [7, 11) is 0. The van der Waals surface area contributed by atoms with Crippen molar-refractivity contribution in [2.45, 2.75) is 18.8 Å². The van der Waals surface area contributed by atoms with Gasteiger partial charge in [-0.15, -0.1) is 0 Å². The van der Waals surface area contributed by atoms with E-state index in [4.69, 9.17) is 4.74 Å². The number of aliphatic carboxylic acids is 1. The number of carbonyl (C=O) groups is 2. The normalized spacial score (nSPS) is 31.4. The lowest BCUT2D eigenvalue weighted by Crippen LogP contribution is -2.52. The van der Waals surface area contributed by atoms with E-state index in [1.165, 1.54) is 5.56 Å². The number of carbonyl (C=O) groups excluding carboxylic acids is 1. The quantitative estimate of drug-likeness (QED) is 0.826. The van der Waals surface area contributed by atoms with Crippen LogP contribution in [0.3, 0.4) is 0 Å². The Labute approximate surface area is 146 Å². The summed E-state index contributed by atoms with van der Waals surface area (Å²) >= 11 is 0. The molecule has 2 saturated heterocycles. The van der Waals surface area contributed by atoms with Crippen LogP contribution in [0.4, 0.5) is 0 Å². The van der Waals surface area contributed by atoms with E-state index in [0.717, 1.165) is 19.6 Å². The van der Waals surface area contributed by atoms with Gasteiger partial charge in [0, 0.05) is 32.7 Å². The minimum Gasteiger partial charge on any atom is -0.481 e. The van der Waals surface area contributed by atoms with E-state index in [-0.39, 0.29) is 12.0 Å². The van der Waals surface area contributed by atoms with Gasteiger partial charge in [-0.2, -0.15) is 0 Å². The lowest BCUT2D eigenvalue weighted by atomic mass is 9.82. The van der Waals surface area contributed by atoms with Gasteiger partial charge in [0.05, 0.1) is 18.1 Å². The van der Waals surface area contributed by atoms with Crippen LogP contribution in [0.15, 0.2) is 42.5 Å². The molecule has 3 aliphatic heterocycles. The number of benzene rings is 1. The zero-order chi connectivity index (χ0) is 17.4. The van der Waals surface area contributed by atoms with Crippen LogP contribution < -0.4 is 0 Å². The molecule has 2 fully saturated rings. The van der Waals surface area contributed by atoms with Gasteiger partial charge in [0.1, 0.15) is 5.92 Å². The number of hydrogen-bond donors (Lipinski definition) is 1. The Kier molecular flexibility index (Phi) is 4.31. The highest BCUT2D eigenvalue weighted by atomic mass is 16.5.